The van der Waals surface area contributed by atoms with E-state index in [1.54, 1.807) is 6.07 Å². The first-order valence-electron chi connectivity index (χ1n) is 10.4. The molecular formula is C22H27N3O3. The second kappa shape index (κ2) is 7.33. The number of hydrogen-bond donors (Lipinski definition) is 1. The third-order valence-corrected chi connectivity index (χ3v) is 6.69. The first-order valence-corrected chi connectivity index (χ1v) is 10.4. The van der Waals surface area contributed by atoms with E-state index in [0.717, 1.165) is 63.0 Å². The molecular weight excluding hydrogens is 354 g/mol. The molecule has 5 heterocycles. The van der Waals surface area contributed by atoms with Gasteiger partial charge in [0.2, 0.25) is 0 Å². The molecule has 0 radical (unpaired) electrons. The molecule has 2 atom stereocenters. The van der Waals surface area contributed by atoms with E-state index in [1.165, 1.54) is 6.42 Å². The van der Waals surface area contributed by atoms with E-state index < -0.39 is 0 Å². The van der Waals surface area contributed by atoms with Gasteiger partial charge in [0.25, 0.3) is 11.5 Å². The monoisotopic (exact) mass is 381 g/mol. The van der Waals surface area contributed by atoms with Gasteiger partial charge >= 0.3 is 0 Å². The number of pyridine rings is 1. The maximum Gasteiger partial charge on any atom is 0.261 e. The summed E-state index contributed by atoms with van der Waals surface area (Å²) in [6, 6.07) is 10.1. The van der Waals surface area contributed by atoms with Crippen molar-refractivity contribution in [3.63, 3.8) is 0 Å². The van der Waals surface area contributed by atoms with Gasteiger partial charge in [-0.25, -0.2) is 0 Å². The van der Waals surface area contributed by atoms with Crippen LogP contribution in [0.5, 0.6) is 0 Å². The molecule has 148 valence electrons. The molecule has 2 aromatic rings. The molecule has 6 heteroatoms. The van der Waals surface area contributed by atoms with Crippen LogP contribution in [0.2, 0.25) is 0 Å². The number of benzene rings is 1. The van der Waals surface area contributed by atoms with Crippen LogP contribution in [0.25, 0.3) is 10.9 Å². The molecule has 6 rings (SSSR count). The van der Waals surface area contributed by atoms with E-state index in [1.807, 2.05) is 29.2 Å². The summed E-state index contributed by atoms with van der Waals surface area (Å²) in [5.74, 6) is 0.376. The molecule has 4 saturated heterocycles. The van der Waals surface area contributed by atoms with Gasteiger partial charge in [0.1, 0.15) is 5.56 Å². The summed E-state index contributed by atoms with van der Waals surface area (Å²) in [7, 11) is 0. The molecule has 28 heavy (non-hydrogen) atoms. The molecule has 6 nitrogen and oxygen atoms in total. The molecule has 4 fully saturated rings. The second-order valence-corrected chi connectivity index (χ2v) is 8.45. The molecule has 1 N–H and O–H groups in total. The summed E-state index contributed by atoms with van der Waals surface area (Å²) in [6.07, 6.45) is 4.36. The van der Waals surface area contributed by atoms with Crippen molar-refractivity contribution in [2.24, 2.45) is 5.92 Å². The van der Waals surface area contributed by atoms with Crippen LogP contribution in [0.1, 0.15) is 36.0 Å². The average molecular weight is 381 g/mol. The quantitative estimate of drug-likeness (QED) is 0.867. The van der Waals surface area contributed by atoms with E-state index in [9.17, 15) is 9.59 Å². The highest BCUT2D eigenvalue weighted by Crippen LogP contribution is 2.31. The van der Waals surface area contributed by atoms with E-state index in [-0.39, 0.29) is 23.1 Å². The molecule has 4 aliphatic heterocycles. The standard InChI is InChI=1S/C22H27N3O3/c26-21-19(11-16-3-1-2-4-20(16)23-21)22(27)25-13-15-5-6-18(25)14-24(12-15)17-7-9-28-10-8-17/h1-4,11,15,17-18H,5-10,12-14H2,(H,23,26)/t15-,18+/m0/s1. The second-order valence-electron chi connectivity index (χ2n) is 8.45. The van der Waals surface area contributed by atoms with E-state index in [2.05, 4.69) is 9.88 Å². The minimum atomic E-state index is -0.287. The fourth-order valence-corrected chi connectivity index (χ4v) is 5.18. The number of aromatic amines is 1. The third kappa shape index (κ3) is 3.25. The Morgan fingerprint density at radius 2 is 1.82 bits per heavy atom. The minimum absolute atomic E-state index is 0.115. The fraction of sp³-hybridized carbons (Fsp3) is 0.545. The van der Waals surface area contributed by atoms with Gasteiger partial charge in [0.15, 0.2) is 0 Å². The maximum absolute atomic E-state index is 13.4. The number of rotatable bonds is 2. The topological polar surface area (TPSA) is 65.6 Å². The Morgan fingerprint density at radius 3 is 2.68 bits per heavy atom. The van der Waals surface area contributed by atoms with Gasteiger partial charge < -0.3 is 14.6 Å². The summed E-state index contributed by atoms with van der Waals surface area (Å²) in [5, 5.41) is 0.897. The molecule has 2 bridgehead atoms. The SMILES string of the molecule is O=C(c1cc2ccccc2[nH]c1=O)N1C[C@H]2CC[C@@H]1CN(C1CCOCC1)C2. The van der Waals surface area contributed by atoms with Crippen molar-refractivity contribution in [3.8, 4) is 0 Å². The van der Waals surface area contributed by atoms with E-state index >= 15 is 0 Å². The molecule has 0 saturated carbocycles. The fourth-order valence-electron chi connectivity index (χ4n) is 5.18. The number of H-pyrrole nitrogens is 1. The van der Waals surface area contributed by atoms with Crippen LogP contribution >= 0.6 is 0 Å². The first kappa shape index (κ1) is 17.9. The average Bonchev–Trinajstić information content (AvgIpc) is 3.05. The van der Waals surface area contributed by atoms with Crippen LogP contribution in [0.3, 0.4) is 0 Å². The van der Waals surface area contributed by atoms with Crippen molar-refractivity contribution in [2.75, 3.05) is 32.8 Å². The number of carbonyl (C=O) groups is 1. The highest BCUT2D eigenvalue weighted by molar-refractivity contribution is 5.97. The Morgan fingerprint density at radius 1 is 1.00 bits per heavy atom. The van der Waals surface area contributed by atoms with Gasteiger partial charge in [-0.1, -0.05) is 18.2 Å². The van der Waals surface area contributed by atoms with Crippen molar-refractivity contribution < 1.29 is 9.53 Å². The van der Waals surface area contributed by atoms with Crippen molar-refractivity contribution in [3.05, 3.63) is 46.2 Å². The molecule has 0 aliphatic carbocycles. The number of carbonyl (C=O) groups excluding carboxylic acids is 1. The molecule has 1 amide bonds. The lowest BCUT2D eigenvalue weighted by Crippen LogP contribution is -2.49. The van der Waals surface area contributed by atoms with Gasteiger partial charge in [-0.3, -0.25) is 14.5 Å². The predicted octanol–water partition coefficient (Wildman–Crippen LogP) is 2.24. The van der Waals surface area contributed by atoms with Crippen molar-refractivity contribution in [2.45, 2.75) is 37.8 Å². The normalized spacial score (nSPS) is 26.5. The number of hydrogen-bond acceptors (Lipinski definition) is 4. The molecule has 0 spiro atoms. The van der Waals surface area contributed by atoms with Crippen LogP contribution in [-0.2, 0) is 4.74 Å². The number of para-hydroxylation sites is 1. The highest BCUT2D eigenvalue weighted by atomic mass is 16.5. The summed E-state index contributed by atoms with van der Waals surface area (Å²) in [6.45, 7) is 4.41. The van der Waals surface area contributed by atoms with Crippen LogP contribution in [0.15, 0.2) is 35.1 Å². The molecule has 1 aromatic heterocycles. The number of nitrogens with zero attached hydrogens (tertiary/aromatic N) is 2. The summed E-state index contributed by atoms with van der Waals surface area (Å²) in [4.78, 5) is 33.4. The molecule has 1 aromatic carbocycles. The van der Waals surface area contributed by atoms with Crippen LogP contribution in [-0.4, -0.2) is 65.6 Å². The Balaban J connectivity index is 1.41. The number of piperidine rings is 1. The van der Waals surface area contributed by atoms with Gasteiger partial charge in [0, 0.05) is 50.4 Å². The number of amides is 1. The molecule has 4 aliphatic rings. The summed E-state index contributed by atoms with van der Waals surface area (Å²) >= 11 is 0. The van der Waals surface area contributed by atoms with E-state index in [0.29, 0.717) is 12.0 Å². The van der Waals surface area contributed by atoms with Crippen molar-refractivity contribution in [1.82, 2.24) is 14.8 Å². The number of ether oxygens (including phenoxy) is 1. The maximum atomic E-state index is 13.4. The lowest BCUT2D eigenvalue weighted by atomic mass is 9.94. The zero-order valence-electron chi connectivity index (χ0n) is 16.1. The Bertz CT molecular complexity index is 934. The highest BCUT2D eigenvalue weighted by Gasteiger charge is 2.40. The van der Waals surface area contributed by atoms with Gasteiger partial charge in [-0.2, -0.15) is 0 Å². The number of fused-ring (bicyclic) bond motifs is 5. The van der Waals surface area contributed by atoms with Gasteiger partial charge in [0.05, 0.1) is 0 Å². The molecule has 0 unspecified atom stereocenters. The zero-order chi connectivity index (χ0) is 19.1. The Hall–Kier alpha value is -2.18. The largest absolute Gasteiger partial charge is 0.381 e. The Kier molecular flexibility index (Phi) is 4.69. The Labute approximate surface area is 164 Å². The minimum Gasteiger partial charge on any atom is -0.381 e. The first-order chi connectivity index (χ1) is 13.7. The number of nitrogens with one attached hydrogen (secondary N) is 1. The van der Waals surface area contributed by atoms with Crippen LogP contribution in [0.4, 0.5) is 0 Å². The smallest absolute Gasteiger partial charge is 0.261 e. The lowest BCUT2D eigenvalue weighted by molar-refractivity contribution is 0.0304. The van der Waals surface area contributed by atoms with Gasteiger partial charge in [-0.05, 0) is 49.1 Å². The van der Waals surface area contributed by atoms with Crippen molar-refractivity contribution in [1.29, 1.82) is 0 Å². The van der Waals surface area contributed by atoms with Crippen LogP contribution < -0.4 is 5.56 Å². The van der Waals surface area contributed by atoms with Crippen LogP contribution in [0, 0.1) is 5.92 Å². The zero-order valence-corrected chi connectivity index (χ0v) is 16.1. The van der Waals surface area contributed by atoms with E-state index in [4.69, 9.17) is 4.74 Å². The third-order valence-electron chi connectivity index (χ3n) is 6.69. The summed E-state index contributed by atoms with van der Waals surface area (Å²) in [5.41, 5.74) is 0.751. The number of aromatic nitrogens is 1. The summed E-state index contributed by atoms with van der Waals surface area (Å²) < 4.78 is 5.53. The van der Waals surface area contributed by atoms with Gasteiger partial charge in [-0.15, -0.1) is 0 Å². The lowest BCUT2D eigenvalue weighted by Gasteiger charge is -2.37. The van der Waals surface area contributed by atoms with Crippen molar-refractivity contribution >= 4 is 16.8 Å². The predicted molar refractivity (Wildman–Crippen MR) is 108 cm³/mol.